The lowest BCUT2D eigenvalue weighted by Crippen LogP contribution is -2.50. The average Bonchev–Trinajstić information content (AvgIpc) is 2.66. The van der Waals surface area contributed by atoms with E-state index in [0.29, 0.717) is 5.75 Å². The number of nitrogens with one attached hydrogen (secondary N) is 1. The lowest BCUT2D eigenvalue weighted by molar-refractivity contribution is -0.133. The van der Waals surface area contributed by atoms with Crippen LogP contribution in [0, 0.1) is 11.7 Å². The first kappa shape index (κ1) is 21.8. The van der Waals surface area contributed by atoms with Crippen LogP contribution >= 0.6 is 0 Å². The molecule has 1 atom stereocenters. The Balaban J connectivity index is 2.03. The van der Waals surface area contributed by atoms with E-state index in [1.807, 2.05) is 18.2 Å². The second-order valence-corrected chi connectivity index (χ2v) is 8.38. The number of rotatable bonds is 9. The van der Waals surface area contributed by atoms with Crippen molar-refractivity contribution in [3.63, 3.8) is 0 Å². The second-order valence-electron chi connectivity index (χ2n) is 6.69. The maximum atomic E-state index is 13.9. The highest BCUT2D eigenvalue weighted by molar-refractivity contribution is 7.89. The minimum Gasteiger partial charge on any atom is -0.492 e. The molecule has 6 nitrogen and oxygen atoms in total. The summed E-state index contributed by atoms with van der Waals surface area (Å²) in [5, 5.41) is 0. The van der Waals surface area contributed by atoms with E-state index in [1.165, 1.54) is 17.0 Å². The number of hydrogen-bond donors (Lipinski definition) is 1. The molecule has 0 heterocycles. The third-order valence-corrected chi connectivity index (χ3v) is 5.63. The predicted octanol–water partition coefficient (Wildman–Crippen LogP) is 2.67. The molecule has 0 spiro atoms. The number of carbonyl (C=O) groups is 1. The van der Waals surface area contributed by atoms with Crippen molar-refractivity contribution in [3.05, 3.63) is 60.4 Å². The molecule has 0 bridgehead atoms. The van der Waals surface area contributed by atoms with Gasteiger partial charge in [0.05, 0.1) is 6.54 Å². The first-order valence-electron chi connectivity index (χ1n) is 8.92. The molecule has 0 aliphatic carbocycles. The van der Waals surface area contributed by atoms with Crippen LogP contribution in [0.4, 0.5) is 4.39 Å². The molecular formula is C20H25FN2O4S. The highest BCUT2D eigenvalue weighted by Crippen LogP contribution is 2.16. The third-order valence-electron chi connectivity index (χ3n) is 4.16. The number of amides is 1. The van der Waals surface area contributed by atoms with Crippen molar-refractivity contribution in [2.75, 3.05) is 20.2 Å². The molecular weight excluding hydrogens is 383 g/mol. The summed E-state index contributed by atoms with van der Waals surface area (Å²) in [6.45, 7) is 3.98. The minimum absolute atomic E-state index is 0.261. The van der Waals surface area contributed by atoms with Crippen molar-refractivity contribution in [1.82, 2.24) is 9.62 Å². The Labute approximate surface area is 165 Å². The lowest BCUT2D eigenvalue weighted by atomic mass is 10.0. The van der Waals surface area contributed by atoms with Gasteiger partial charge in [0.2, 0.25) is 15.9 Å². The summed E-state index contributed by atoms with van der Waals surface area (Å²) in [7, 11) is -2.61. The quantitative estimate of drug-likeness (QED) is 0.692. The predicted molar refractivity (Wildman–Crippen MR) is 105 cm³/mol. The molecule has 0 aliphatic heterocycles. The highest BCUT2D eigenvalue weighted by atomic mass is 32.2. The van der Waals surface area contributed by atoms with Gasteiger partial charge in [-0.05, 0) is 30.2 Å². The van der Waals surface area contributed by atoms with Crippen LogP contribution in [0.5, 0.6) is 5.75 Å². The van der Waals surface area contributed by atoms with Gasteiger partial charge >= 0.3 is 0 Å². The number of halogens is 1. The summed E-state index contributed by atoms with van der Waals surface area (Å²) < 4.78 is 46.9. The SMILES string of the molecule is CC(C)C(NS(=O)(=O)c1ccccc1F)C(=O)N(C)CCOc1ccccc1. The molecule has 28 heavy (non-hydrogen) atoms. The Hall–Kier alpha value is -2.45. The van der Waals surface area contributed by atoms with Crippen LogP contribution in [0.1, 0.15) is 13.8 Å². The third kappa shape index (κ3) is 5.77. The molecule has 0 saturated carbocycles. The van der Waals surface area contributed by atoms with Gasteiger partial charge in [-0.15, -0.1) is 0 Å². The summed E-state index contributed by atoms with van der Waals surface area (Å²) in [6, 6.07) is 13.2. The molecule has 0 saturated heterocycles. The number of sulfonamides is 1. The summed E-state index contributed by atoms with van der Waals surface area (Å²) in [4.78, 5) is 13.7. The molecule has 2 rings (SSSR count). The number of nitrogens with zero attached hydrogens (tertiary/aromatic N) is 1. The van der Waals surface area contributed by atoms with Crippen molar-refractivity contribution in [2.24, 2.45) is 5.92 Å². The Kier molecular flexibility index (Phi) is 7.53. The number of likely N-dealkylation sites (N-methyl/N-ethyl adjacent to an activating group) is 1. The molecule has 0 fully saturated rings. The van der Waals surface area contributed by atoms with Crippen molar-refractivity contribution in [2.45, 2.75) is 24.8 Å². The molecule has 0 aliphatic rings. The van der Waals surface area contributed by atoms with E-state index in [9.17, 15) is 17.6 Å². The van der Waals surface area contributed by atoms with E-state index in [0.717, 1.165) is 12.1 Å². The summed E-state index contributed by atoms with van der Waals surface area (Å²) in [6.07, 6.45) is 0. The van der Waals surface area contributed by atoms with Crippen LogP contribution in [-0.2, 0) is 14.8 Å². The van der Waals surface area contributed by atoms with Crippen molar-refractivity contribution < 1.29 is 22.3 Å². The van der Waals surface area contributed by atoms with Crippen LogP contribution in [0.15, 0.2) is 59.5 Å². The topological polar surface area (TPSA) is 75.7 Å². The summed E-state index contributed by atoms with van der Waals surface area (Å²) in [5.41, 5.74) is 0. The van der Waals surface area contributed by atoms with Gasteiger partial charge in [-0.1, -0.05) is 44.2 Å². The van der Waals surface area contributed by atoms with Crippen LogP contribution in [0.25, 0.3) is 0 Å². The van der Waals surface area contributed by atoms with Crippen LogP contribution in [-0.4, -0.2) is 45.5 Å². The minimum atomic E-state index is -4.18. The van der Waals surface area contributed by atoms with E-state index >= 15 is 0 Å². The molecule has 1 amide bonds. The van der Waals surface area contributed by atoms with Gasteiger partial charge in [-0.25, -0.2) is 12.8 Å². The number of ether oxygens (including phenoxy) is 1. The first-order valence-corrected chi connectivity index (χ1v) is 10.4. The number of para-hydroxylation sites is 1. The summed E-state index contributed by atoms with van der Waals surface area (Å²) >= 11 is 0. The van der Waals surface area contributed by atoms with E-state index in [1.54, 1.807) is 33.0 Å². The molecule has 2 aromatic rings. The molecule has 0 radical (unpaired) electrons. The monoisotopic (exact) mass is 408 g/mol. The Morgan fingerprint density at radius 3 is 2.32 bits per heavy atom. The van der Waals surface area contributed by atoms with Gasteiger partial charge in [-0.3, -0.25) is 4.79 Å². The molecule has 152 valence electrons. The van der Waals surface area contributed by atoms with Crippen molar-refractivity contribution >= 4 is 15.9 Å². The smallest absolute Gasteiger partial charge is 0.244 e. The van der Waals surface area contributed by atoms with Gasteiger partial charge < -0.3 is 9.64 Å². The first-order chi connectivity index (χ1) is 13.2. The second kappa shape index (κ2) is 9.66. The zero-order valence-corrected chi connectivity index (χ0v) is 16.9. The van der Waals surface area contributed by atoms with Gasteiger partial charge in [0.25, 0.3) is 0 Å². The zero-order chi connectivity index (χ0) is 20.7. The van der Waals surface area contributed by atoms with E-state index < -0.39 is 32.7 Å². The maximum absolute atomic E-state index is 13.9. The number of benzene rings is 2. The number of hydrogen-bond acceptors (Lipinski definition) is 4. The van der Waals surface area contributed by atoms with Gasteiger partial charge in [-0.2, -0.15) is 4.72 Å². The highest BCUT2D eigenvalue weighted by Gasteiger charge is 2.31. The molecule has 0 aromatic heterocycles. The fourth-order valence-electron chi connectivity index (χ4n) is 2.53. The molecule has 2 aromatic carbocycles. The van der Waals surface area contributed by atoms with Gasteiger partial charge in [0.15, 0.2) is 0 Å². The summed E-state index contributed by atoms with van der Waals surface area (Å²) in [5.74, 6) is -0.920. The van der Waals surface area contributed by atoms with Gasteiger partial charge in [0.1, 0.15) is 29.1 Å². The maximum Gasteiger partial charge on any atom is 0.244 e. The fraction of sp³-hybridized carbons (Fsp3) is 0.350. The lowest BCUT2D eigenvalue weighted by Gasteiger charge is -2.27. The van der Waals surface area contributed by atoms with E-state index in [4.69, 9.17) is 4.74 Å². The average molecular weight is 408 g/mol. The van der Waals surface area contributed by atoms with Crippen molar-refractivity contribution in [1.29, 1.82) is 0 Å². The normalized spacial score (nSPS) is 12.6. The largest absolute Gasteiger partial charge is 0.492 e. The van der Waals surface area contributed by atoms with Gasteiger partial charge in [0, 0.05) is 7.05 Å². The van der Waals surface area contributed by atoms with E-state index in [-0.39, 0.29) is 19.1 Å². The molecule has 8 heteroatoms. The fourth-order valence-corrected chi connectivity index (χ4v) is 3.95. The van der Waals surface area contributed by atoms with Crippen LogP contribution < -0.4 is 9.46 Å². The van der Waals surface area contributed by atoms with Crippen LogP contribution in [0.3, 0.4) is 0 Å². The molecule has 1 unspecified atom stereocenters. The molecule has 1 N–H and O–H groups in total. The number of carbonyl (C=O) groups excluding carboxylic acids is 1. The van der Waals surface area contributed by atoms with E-state index in [2.05, 4.69) is 4.72 Å². The standard InChI is InChI=1S/C20H25FN2O4S/c1-15(2)19(22-28(25,26)18-12-8-7-11-17(18)21)20(24)23(3)13-14-27-16-9-5-4-6-10-16/h4-12,15,19,22H,13-14H2,1-3H3. The Morgan fingerprint density at radius 2 is 1.71 bits per heavy atom. The Bertz CT molecular complexity index is 888. The van der Waals surface area contributed by atoms with Crippen LogP contribution in [0.2, 0.25) is 0 Å². The zero-order valence-electron chi connectivity index (χ0n) is 16.1. The Morgan fingerprint density at radius 1 is 1.11 bits per heavy atom. The van der Waals surface area contributed by atoms with Crippen molar-refractivity contribution in [3.8, 4) is 5.75 Å².